The van der Waals surface area contributed by atoms with Gasteiger partial charge in [-0.2, -0.15) is 0 Å². The van der Waals surface area contributed by atoms with E-state index in [0.717, 1.165) is 18.8 Å². The molecule has 0 saturated heterocycles. The summed E-state index contributed by atoms with van der Waals surface area (Å²) < 4.78 is 5.52. The molecule has 1 rings (SSSR count). The summed E-state index contributed by atoms with van der Waals surface area (Å²) in [5, 5.41) is 0.665. The summed E-state index contributed by atoms with van der Waals surface area (Å²) in [6, 6.07) is 7.30. The largest absolute Gasteiger partial charge is 0.492 e. The molecule has 0 bridgehead atoms. The summed E-state index contributed by atoms with van der Waals surface area (Å²) in [7, 11) is 0. The van der Waals surface area contributed by atoms with Gasteiger partial charge in [0, 0.05) is 18.1 Å². The molecular weight excluding hydrogens is 377 g/mol. The third-order valence-electron chi connectivity index (χ3n) is 2.52. The number of benzene rings is 1. The second kappa shape index (κ2) is 10.1. The van der Waals surface area contributed by atoms with Crippen molar-refractivity contribution in [2.45, 2.75) is 13.8 Å². The monoisotopic (exact) mass is 397 g/mol. The van der Waals surface area contributed by atoms with E-state index in [-0.39, 0.29) is 24.0 Å². The molecule has 2 N–H and O–H groups in total. The van der Waals surface area contributed by atoms with Crippen LogP contribution in [0.1, 0.15) is 13.8 Å². The molecule has 0 aromatic heterocycles. The van der Waals surface area contributed by atoms with Crippen LogP contribution < -0.4 is 10.5 Å². The number of hydrogen-bond donors (Lipinski definition) is 1. The first-order valence-electron chi connectivity index (χ1n) is 6.10. The minimum atomic E-state index is 0. The zero-order chi connectivity index (χ0) is 13.4. The normalized spacial score (nSPS) is 10.8. The molecule has 0 amide bonds. The second-order valence-corrected chi connectivity index (χ2v) is 4.15. The van der Waals surface area contributed by atoms with Crippen molar-refractivity contribution in [3.05, 3.63) is 29.3 Å². The van der Waals surface area contributed by atoms with Gasteiger partial charge >= 0.3 is 0 Å². The summed E-state index contributed by atoms with van der Waals surface area (Å²) in [5.74, 6) is 1.31. The number of aliphatic imine (C=N–C) groups is 1. The summed E-state index contributed by atoms with van der Waals surface area (Å²) in [4.78, 5) is 6.27. The van der Waals surface area contributed by atoms with Gasteiger partial charge in [-0.15, -0.1) is 24.0 Å². The highest BCUT2D eigenvalue weighted by Crippen LogP contribution is 2.16. The van der Waals surface area contributed by atoms with Gasteiger partial charge in [0.05, 0.1) is 6.54 Å². The number of halogens is 2. The van der Waals surface area contributed by atoms with E-state index in [1.165, 1.54) is 0 Å². The molecule has 108 valence electrons. The molecule has 0 aliphatic rings. The lowest BCUT2D eigenvalue weighted by Gasteiger charge is -2.19. The predicted octanol–water partition coefficient (Wildman–Crippen LogP) is 2.99. The van der Waals surface area contributed by atoms with Crippen molar-refractivity contribution in [3.63, 3.8) is 0 Å². The van der Waals surface area contributed by atoms with Crippen LogP contribution in [0, 0.1) is 0 Å². The van der Waals surface area contributed by atoms with Crippen LogP contribution in [0.4, 0.5) is 0 Å². The van der Waals surface area contributed by atoms with Gasteiger partial charge in [-0.05, 0) is 32.0 Å². The predicted molar refractivity (Wildman–Crippen MR) is 91.8 cm³/mol. The Morgan fingerprint density at radius 3 is 2.63 bits per heavy atom. The van der Waals surface area contributed by atoms with Crippen LogP contribution in [0.2, 0.25) is 5.02 Å². The molecule has 0 fully saturated rings. The Hall–Kier alpha value is -0.690. The average Bonchev–Trinajstić information content (AvgIpc) is 2.36. The first-order chi connectivity index (χ1) is 8.67. The number of guanidine groups is 1. The molecule has 0 radical (unpaired) electrons. The third-order valence-corrected chi connectivity index (χ3v) is 2.75. The summed E-state index contributed by atoms with van der Waals surface area (Å²) in [6.07, 6.45) is 0. The number of nitrogens with zero attached hydrogens (tertiary/aromatic N) is 2. The van der Waals surface area contributed by atoms with E-state index in [0.29, 0.717) is 24.1 Å². The molecule has 0 spiro atoms. The topological polar surface area (TPSA) is 50.8 Å². The Kier molecular flexibility index (Phi) is 9.77. The van der Waals surface area contributed by atoms with Crippen LogP contribution in [-0.2, 0) is 0 Å². The standard InChI is InChI=1S/C13H20ClN3O.HI/c1-3-17(4-2)13(15)16-8-9-18-12-7-5-6-11(14)10-12;/h5-7,10H,3-4,8-9H2,1-2H3,(H2,15,16);1H. The highest BCUT2D eigenvalue weighted by atomic mass is 127. The fraction of sp³-hybridized carbons (Fsp3) is 0.462. The summed E-state index contributed by atoms with van der Waals surface area (Å²) >= 11 is 5.85. The van der Waals surface area contributed by atoms with Gasteiger partial charge in [-0.3, -0.25) is 0 Å². The molecule has 0 aliphatic carbocycles. The Morgan fingerprint density at radius 1 is 1.37 bits per heavy atom. The van der Waals surface area contributed by atoms with E-state index >= 15 is 0 Å². The molecule has 0 unspecified atom stereocenters. The fourth-order valence-corrected chi connectivity index (χ4v) is 1.71. The van der Waals surface area contributed by atoms with Crippen molar-refractivity contribution in [3.8, 4) is 5.75 Å². The van der Waals surface area contributed by atoms with Crippen LogP contribution in [0.15, 0.2) is 29.3 Å². The van der Waals surface area contributed by atoms with Crippen molar-refractivity contribution in [2.75, 3.05) is 26.2 Å². The van der Waals surface area contributed by atoms with E-state index in [2.05, 4.69) is 4.99 Å². The zero-order valence-electron chi connectivity index (χ0n) is 11.3. The van der Waals surface area contributed by atoms with Crippen molar-refractivity contribution in [1.82, 2.24) is 4.90 Å². The Morgan fingerprint density at radius 2 is 2.05 bits per heavy atom. The lowest BCUT2D eigenvalue weighted by molar-refractivity contribution is 0.327. The lowest BCUT2D eigenvalue weighted by Crippen LogP contribution is -2.37. The second-order valence-electron chi connectivity index (χ2n) is 3.72. The van der Waals surface area contributed by atoms with Gasteiger partial charge in [0.1, 0.15) is 12.4 Å². The molecule has 6 heteroatoms. The molecule has 0 heterocycles. The fourth-order valence-electron chi connectivity index (χ4n) is 1.53. The number of hydrogen-bond acceptors (Lipinski definition) is 2. The maximum absolute atomic E-state index is 5.85. The minimum absolute atomic E-state index is 0. The van der Waals surface area contributed by atoms with Gasteiger partial charge < -0.3 is 15.4 Å². The maximum atomic E-state index is 5.85. The maximum Gasteiger partial charge on any atom is 0.191 e. The quantitative estimate of drug-likeness (QED) is 0.347. The van der Waals surface area contributed by atoms with Crippen molar-refractivity contribution < 1.29 is 4.74 Å². The zero-order valence-corrected chi connectivity index (χ0v) is 14.4. The molecule has 19 heavy (non-hydrogen) atoms. The van der Waals surface area contributed by atoms with Crippen molar-refractivity contribution in [2.24, 2.45) is 10.7 Å². The molecule has 0 saturated carbocycles. The van der Waals surface area contributed by atoms with E-state index in [1.54, 1.807) is 6.07 Å². The lowest BCUT2D eigenvalue weighted by atomic mass is 10.3. The van der Waals surface area contributed by atoms with E-state index in [4.69, 9.17) is 22.1 Å². The first-order valence-corrected chi connectivity index (χ1v) is 6.48. The highest BCUT2D eigenvalue weighted by Gasteiger charge is 2.01. The Balaban J connectivity index is 0.00000324. The van der Waals surface area contributed by atoms with Gasteiger partial charge in [-0.1, -0.05) is 17.7 Å². The summed E-state index contributed by atoms with van der Waals surface area (Å²) in [6.45, 7) is 6.85. The van der Waals surface area contributed by atoms with Crippen LogP contribution in [0.3, 0.4) is 0 Å². The van der Waals surface area contributed by atoms with E-state index in [9.17, 15) is 0 Å². The average molecular weight is 398 g/mol. The Labute approximate surface area is 137 Å². The number of nitrogens with two attached hydrogens (primary N) is 1. The van der Waals surface area contributed by atoms with Gasteiger partial charge in [0.25, 0.3) is 0 Å². The minimum Gasteiger partial charge on any atom is -0.492 e. The van der Waals surface area contributed by atoms with Crippen molar-refractivity contribution in [1.29, 1.82) is 0 Å². The third kappa shape index (κ3) is 6.87. The van der Waals surface area contributed by atoms with Crippen molar-refractivity contribution >= 4 is 41.5 Å². The molecule has 0 atom stereocenters. The SMILES string of the molecule is CCN(CC)C(N)=NCCOc1cccc(Cl)c1.I. The number of rotatable bonds is 6. The number of ether oxygens (including phenoxy) is 1. The van der Waals surface area contributed by atoms with Crippen LogP contribution in [0.25, 0.3) is 0 Å². The Bertz CT molecular complexity index is 397. The molecule has 4 nitrogen and oxygen atoms in total. The van der Waals surface area contributed by atoms with E-state index < -0.39 is 0 Å². The van der Waals surface area contributed by atoms with Gasteiger partial charge in [-0.25, -0.2) is 4.99 Å². The summed E-state index contributed by atoms with van der Waals surface area (Å²) in [5.41, 5.74) is 5.84. The molecule has 1 aromatic carbocycles. The van der Waals surface area contributed by atoms with Gasteiger partial charge in [0.2, 0.25) is 0 Å². The molecule has 0 aliphatic heterocycles. The van der Waals surface area contributed by atoms with Gasteiger partial charge in [0.15, 0.2) is 5.96 Å². The van der Waals surface area contributed by atoms with Crippen LogP contribution >= 0.6 is 35.6 Å². The van der Waals surface area contributed by atoms with E-state index in [1.807, 2.05) is 36.9 Å². The molecular formula is C13H21ClIN3O. The highest BCUT2D eigenvalue weighted by molar-refractivity contribution is 14.0. The van der Waals surface area contributed by atoms with Crippen LogP contribution in [-0.4, -0.2) is 37.1 Å². The smallest absolute Gasteiger partial charge is 0.191 e. The molecule has 1 aromatic rings. The van der Waals surface area contributed by atoms with Crippen LogP contribution in [0.5, 0.6) is 5.75 Å². The first kappa shape index (κ1) is 18.3.